The summed E-state index contributed by atoms with van der Waals surface area (Å²) in [7, 11) is 0. The summed E-state index contributed by atoms with van der Waals surface area (Å²) in [5, 5.41) is 4.69. The van der Waals surface area contributed by atoms with Crippen LogP contribution in [0, 0.1) is 12.8 Å². The minimum Gasteiger partial charge on any atom is -0.356 e. The van der Waals surface area contributed by atoms with E-state index in [1.54, 1.807) is 0 Å². The van der Waals surface area contributed by atoms with Crippen LogP contribution in [-0.2, 0) is 0 Å². The molecule has 0 aliphatic carbocycles. The van der Waals surface area contributed by atoms with Crippen molar-refractivity contribution in [3.63, 3.8) is 0 Å². The Morgan fingerprint density at radius 2 is 2.04 bits per heavy atom. The Morgan fingerprint density at radius 1 is 1.16 bits per heavy atom. The summed E-state index contributed by atoms with van der Waals surface area (Å²) in [4.78, 5) is 7.30. The minimum absolute atomic E-state index is 0.585. The number of rotatable bonds is 2. The standard InChI is InChI=1S/C19H22N6/c1-13-9-18-21-17(14-5-3-2-4-6-14)10-19(25(18)23-13)24-8-7-16-15(12-24)11-20-22-16/h2-6,9-10,15-16,20,22H,7-8,11-12H2,1H3. The number of hydrogen-bond acceptors (Lipinski definition) is 5. The van der Waals surface area contributed by atoms with E-state index in [-0.39, 0.29) is 0 Å². The average Bonchev–Trinajstić information content (AvgIpc) is 3.26. The second-order valence-electron chi connectivity index (χ2n) is 7.05. The van der Waals surface area contributed by atoms with Crippen LogP contribution < -0.4 is 15.8 Å². The average molecular weight is 334 g/mol. The first kappa shape index (κ1) is 14.9. The van der Waals surface area contributed by atoms with Gasteiger partial charge in [-0.3, -0.25) is 10.9 Å². The van der Waals surface area contributed by atoms with Crippen LogP contribution in [0.2, 0.25) is 0 Å². The van der Waals surface area contributed by atoms with Gasteiger partial charge in [-0.05, 0) is 13.3 Å². The number of nitrogens with one attached hydrogen (secondary N) is 2. The third kappa shape index (κ3) is 2.58. The van der Waals surface area contributed by atoms with E-state index in [4.69, 9.17) is 4.98 Å². The summed E-state index contributed by atoms with van der Waals surface area (Å²) in [5.41, 5.74) is 10.8. The van der Waals surface area contributed by atoms with Gasteiger partial charge in [-0.25, -0.2) is 4.98 Å². The topological polar surface area (TPSA) is 57.5 Å². The van der Waals surface area contributed by atoms with E-state index in [1.165, 1.54) is 0 Å². The number of nitrogens with zero attached hydrogens (tertiary/aromatic N) is 4. The fourth-order valence-corrected chi connectivity index (χ4v) is 4.01. The molecule has 6 nitrogen and oxygen atoms in total. The largest absolute Gasteiger partial charge is 0.356 e. The lowest BCUT2D eigenvalue weighted by atomic mass is 9.94. The van der Waals surface area contributed by atoms with Crippen LogP contribution in [0.4, 0.5) is 5.82 Å². The first-order chi connectivity index (χ1) is 12.3. The number of hydrogen-bond donors (Lipinski definition) is 2. The number of fused-ring (bicyclic) bond motifs is 2. The van der Waals surface area contributed by atoms with Crippen molar-refractivity contribution in [2.24, 2.45) is 5.92 Å². The van der Waals surface area contributed by atoms with E-state index < -0.39 is 0 Å². The van der Waals surface area contributed by atoms with E-state index >= 15 is 0 Å². The Balaban J connectivity index is 1.61. The lowest BCUT2D eigenvalue weighted by Gasteiger charge is -2.35. The molecule has 5 rings (SSSR count). The third-order valence-corrected chi connectivity index (χ3v) is 5.31. The number of anilines is 1. The molecule has 0 radical (unpaired) electrons. The molecule has 2 saturated heterocycles. The van der Waals surface area contributed by atoms with Gasteiger partial charge in [-0.1, -0.05) is 30.3 Å². The summed E-state index contributed by atoms with van der Waals surface area (Å²) in [5.74, 6) is 1.77. The number of aromatic nitrogens is 3. The third-order valence-electron chi connectivity index (χ3n) is 5.31. The van der Waals surface area contributed by atoms with E-state index in [0.717, 1.165) is 54.5 Å². The minimum atomic E-state index is 0.585. The van der Waals surface area contributed by atoms with Crippen LogP contribution in [0.1, 0.15) is 12.1 Å². The van der Waals surface area contributed by atoms with Crippen LogP contribution in [0.3, 0.4) is 0 Å². The lowest BCUT2D eigenvalue weighted by Crippen LogP contribution is -2.46. The molecule has 2 atom stereocenters. The Morgan fingerprint density at radius 3 is 2.92 bits per heavy atom. The summed E-state index contributed by atoms with van der Waals surface area (Å²) in [6.07, 6.45) is 1.14. The quantitative estimate of drug-likeness (QED) is 0.751. The Hall–Kier alpha value is -2.44. The van der Waals surface area contributed by atoms with Gasteiger partial charge in [0.25, 0.3) is 0 Å². The van der Waals surface area contributed by atoms with Gasteiger partial charge in [0.05, 0.1) is 11.4 Å². The molecule has 0 saturated carbocycles. The SMILES string of the molecule is Cc1cc2nc(-c3ccccc3)cc(N3CCC4NNCC4C3)n2n1. The summed E-state index contributed by atoms with van der Waals surface area (Å²) in [6.45, 7) is 5.12. The van der Waals surface area contributed by atoms with Crippen molar-refractivity contribution < 1.29 is 0 Å². The summed E-state index contributed by atoms with van der Waals surface area (Å²) >= 11 is 0. The van der Waals surface area contributed by atoms with Gasteiger partial charge in [-0.2, -0.15) is 9.61 Å². The monoisotopic (exact) mass is 334 g/mol. The molecule has 3 aromatic rings. The molecule has 128 valence electrons. The van der Waals surface area contributed by atoms with Crippen molar-refractivity contribution in [1.82, 2.24) is 25.4 Å². The van der Waals surface area contributed by atoms with Crippen LogP contribution >= 0.6 is 0 Å². The normalized spacial score (nSPS) is 23.2. The molecule has 0 spiro atoms. The van der Waals surface area contributed by atoms with Crippen LogP contribution in [0.15, 0.2) is 42.5 Å². The molecule has 0 bridgehead atoms. The zero-order valence-electron chi connectivity index (χ0n) is 14.3. The maximum Gasteiger partial charge on any atom is 0.158 e. The van der Waals surface area contributed by atoms with Gasteiger partial charge in [-0.15, -0.1) is 0 Å². The molecule has 2 unspecified atom stereocenters. The van der Waals surface area contributed by atoms with Crippen molar-refractivity contribution in [2.75, 3.05) is 24.5 Å². The van der Waals surface area contributed by atoms with Crippen molar-refractivity contribution in [3.8, 4) is 11.3 Å². The molecule has 2 aliphatic heterocycles. The molecule has 4 heterocycles. The highest BCUT2D eigenvalue weighted by molar-refractivity contribution is 5.67. The number of aryl methyl sites for hydroxylation is 1. The highest BCUT2D eigenvalue weighted by Gasteiger charge is 2.33. The predicted molar refractivity (Wildman–Crippen MR) is 98.4 cm³/mol. The molecule has 2 aliphatic rings. The molecule has 25 heavy (non-hydrogen) atoms. The van der Waals surface area contributed by atoms with E-state index in [0.29, 0.717) is 12.0 Å². The van der Waals surface area contributed by atoms with E-state index in [2.05, 4.69) is 57.2 Å². The van der Waals surface area contributed by atoms with E-state index in [1.807, 2.05) is 17.5 Å². The van der Waals surface area contributed by atoms with Crippen molar-refractivity contribution >= 4 is 11.5 Å². The fourth-order valence-electron chi connectivity index (χ4n) is 4.01. The van der Waals surface area contributed by atoms with Crippen molar-refractivity contribution in [3.05, 3.63) is 48.2 Å². The van der Waals surface area contributed by atoms with Crippen LogP contribution in [0.25, 0.3) is 16.9 Å². The lowest BCUT2D eigenvalue weighted by molar-refractivity contribution is 0.381. The van der Waals surface area contributed by atoms with Crippen molar-refractivity contribution in [1.29, 1.82) is 0 Å². The van der Waals surface area contributed by atoms with Gasteiger partial charge in [0.15, 0.2) is 5.65 Å². The first-order valence-corrected chi connectivity index (χ1v) is 8.94. The Labute approximate surface area is 146 Å². The maximum absolute atomic E-state index is 4.84. The highest BCUT2D eigenvalue weighted by atomic mass is 15.4. The number of benzene rings is 1. The molecule has 2 aromatic heterocycles. The molecule has 6 heteroatoms. The van der Waals surface area contributed by atoms with Gasteiger partial charge in [0.1, 0.15) is 5.82 Å². The maximum atomic E-state index is 4.84. The predicted octanol–water partition coefficient (Wildman–Crippen LogP) is 2.01. The summed E-state index contributed by atoms with van der Waals surface area (Å²) < 4.78 is 2.00. The molecule has 2 N–H and O–H groups in total. The van der Waals surface area contributed by atoms with Gasteiger partial charge in [0, 0.05) is 49.3 Å². The van der Waals surface area contributed by atoms with E-state index in [9.17, 15) is 0 Å². The number of piperidine rings is 1. The van der Waals surface area contributed by atoms with Crippen LogP contribution in [-0.4, -0.2) is 40.3 Å². The van der Waals surface area contributed by atoms with Gasteiger partial charge < -0.3 is 4.90 Å². The zero-order chi connectivity index (χ0) is 16.8. The number of hydrazine groups is 1. The Kier molecular flexibility index (Phi) is 3.46. The zero-order valence-corrected chi connectivity index (χ0v) is 14.3. The molecule has 0 amide bonds. The fraction of sp³-hybridized carbons (Fsp3) is 0.368. The summed E-state index contributed by atoms with van der Waals surface area (Å²) in [6, 6.07) is 15.2. The first-order valence-electron chi connectivity index (χ1n) is 8.94. The van der Waals surface area contributed by atoms with Crippen molar-refractivity contribution in [2.45, 2.75) is 19.4 Å². The molecule has 1 aromatic carbocycles. The van der Waals surface area contributed by atoms with Gasteiger partial charge >= 0.3 is 0 Å². The molecular formula is C19H22N6. The molecule has 2 fully saturated rings. The van der Waals surface area contributed by atoms with Crippen LogP contribution in [0.5, 0.6) is 0 Å². The second kappa shape index (κ2) is 5.82. The van der Waals surface area contributed by atoms with Gasteiger partial charge in [0.2, 0.25) is 0 Å². The molecular weight excluding hydrogens is 312 g/mol. The smallest absolute Gasteiger partial charge is 0.158 e. The second-order valence-corrected chi connectivity index (χ2v) is 7.05. The highest BCUT2D eigenvalue weighted by Crippen LogP contribution is 2.29. The Bertz CT molecular complexity index is 903.